The molecular formula is C16H28N4. The summed E-state index contributed by atoms with van der Waals surface area (Å²) < 4.78 is 0. The molecule has 20 heavy (non-hydrogen) atoms. The summed E-state index contributed by atoms with van der Waals surface area (Å²) in [4.78, 5) is 11.3. The van der Waals surface area contributed by atoms with Crippen molar-refractivity contribution in [2.45, 2.75) is 40.0 Å². The molecule has 1 aromatic rings. The Bertz CT molecular complexity index is 454. The number of anilines is 1. The standard InChI is InChI=1S/C16H28N4/c1-11(2)9-17-10-13-6-7-15-14(8-13)12(3)18-16(19-15)20(4)5/h11,13,17H,6-10H2,1-5H3. The largest absolute Gasteiger partial charge is 0.347 e. The Kier molecular flexibility index (Phi) is 4.97. The smallest absolute Gasteiger partial charge is 0.225 e. The Balaban J connectivity index is 2.03. The van der Waals surface area contributed by atoms with Gasteiger partial charge in [-0.05, 0) is 56.7 Å². The van der Waals surface area contributed by atoms with E-state index in [4.69, 9.17) is 4.98 Å². The summed E-state index contributed by atoms with van der Waals surface area (Å²) >= 11 is 0. The fraction of sp³-hybridized carbons (Fsp3) is 0.750. The number of nitrogens with zero attached hydrogens (tertiary/aromatic N) is 3. The quantitative estimate of drug-likeness (QED) is 0.895. The van der Waals surface area contributed by atoms with Crippen LogP contribution in [0.2, 0.25) is 0 Å². The first kappa shape index (κ1) is 15.2. The van der Waals surface area contributed by atoms with Crippen LogP contribution >= 0.6 is 0 Å². The molecule has 0 spiro atoms. The molecule has 1 N–H and O–H groups in total. The molecule has 1 aromatic heterocycles. The van der Waals surface area contributed by atoms with E-state index < -0.39 is 0 Å². The average Bonchev–Trinajstić information content (AvgIpc) is 2.38. The molecule has 2 rings (SSSR count). The second-order valence-corrected chi connectivity index (χ2v) is 6.59. The number of fused-ring (bicyclic) bond motifs is 1. The SMILES string of the molecule is Cc1nc(N(C)C)nc2c1CC(CNCC(C)C)CC2. The number of aromatic nitrogens is 2. The number of rotatable bonds is 5. The maximum Gasteiger partial charge on any atom is 0.225 e. The van der Waals surface area contributed by atoms with Gasteiger partial charge >= 0.3 is 0 Å². The van der Waals surface area contributed by atoms with Crippen molar-refractivity contribution in [3.63, 3.8) is 0 Å². The highest BCUT2D eigenvalue weighted by molar-refractivity contribution is 5.37. The van der Waals surface area contributed by atoms with Gasteiger partial charge in [-0.15, -0.1) is 0 Å². The lowest BCUT2D eigenvalue weighted by Crippen LogP contribution is -2.31. The van der Waals surface area contributed by atoms with E-state index in [-0.39, 0.29) is 0 Å². The van der Waals surface area contributed by atoms with Gasteiger partial charge in [0.1, 0.15) is 0 Å². The molecule has 0 saturated carbocycles. The van der Waals surface area contributed by atoms with Crippen LogP contribution in [-0.4, -0.2) is 37.2 Å². The molecule has 1 aliphatic rings. The molecule has 0 saturated heterocycles. The van der Waals surface area contributed by atoms with Gasteiger partial charge in [0, 0.05) is 25.5 Å². The third kappa shape index (κ3) is 3.69. The third-order valence-electron chi connectivity index (χ3n) is 3.96. The predicted molar refractivity (Wildman–Crippen MR) is 84.3 cm³/mol. The molecule has 1 aliphatic carbocycles. The zero-order valence-corrected chi connectivity index (χ0v) is 13.5. The Labute approximate surface area is 123 Å². The molecule has 4 nitrogen and oxygen atoms in total. The van der Waals surface area contributed by atoms with Crippen LogP contribution in [0.5, 0.6) is 0 Å². The van der Waals surface area contributed by atoms with Crippen molar-refractivity contribution in [2.75, 3.05) is 32.1 Å². The summed E-state index contributed by atoms with van der Waals surface area (Å²) in [5.74, 6) is 2.30. The van der Waals surface area contributed by atoms with Crippen molar-refractivity contribution >= 4 is 5.95 Å². The van der Waals surface area contributed by atoms with E-state index in [0.29, 0.717) is 0 Å². The Morgan fingerprint density at radius 1 is 1.30 bits per heavy atom. The van der Waals surface area contributed by atoms with Crippen LogP contribution in [0.15, 0.2) is 0 Å². The van der Waals surface area contributed by atoms with Gasteiger partial charge < -0.3 is 10.2 Å². The van der Waals surface area contributed by atoms with E-state index in [2.05, 4.69) is 31.1 Å². The number of nitrogens with one attached hydrogen (secondary N) is 1. The van der Waals surface area contributed by atoms with Crippen molar-refractivity contribution in [1.29, 1.82) is 0 Å². The lowest BCUT2D eigenvalue weighted by atomic mass is 9.85. The fourth-order valence-corrected chi connectivity index (χ4v) is 2.79. The van der Waals surface area contributed by atoms with Crippen LogP contribution in [0, 0.1) is 18.8 Å². The first-order chi connectivity index (χ1) is 9.47. The van der Waals surface area contributed by atoms with Gasteiger partial charge in [0.2, 0.25) is 5.95 Å². The van der Waals surface area contributed by atoms with Crippen LogP contribution in [0.3, 0.4) is 0 Å². The van der Waals surface area contributed by atoms with Gasteiger partial charge in [0.25, 0.3) is 0 Å². The first-order valence-electron chi connectivity index (χ1n) is 7.71. The topological polar surface area (TPSA) is 41.1 Å². The minimum Gasteiger partial charge on any atom is -0.347 e. The minimum absolute atomic E-state index is 0.721. The second kappa shape index (κ2) is 6.53. The van der Waals surface area contributed by atoms with E-state index in [0.717, 1.165) is 49.4 Å². The van der Waals surface area contributed by atoms with Crippen LogP contribution in [0.25, 0.3) is 0 Å². The molecule has 112 valence electrons. The van der Waals surface area contributed by atoms with Crippen molar-refractivity contribution in [3.8, 4) is 0 Å². The highest BCUT2D eigenvalue weighted by Gasteiger charge is 2.22. The lowest BCUT2D eigenvalue weighted by Gasteiger charge is -2.26. The Hall–Kier alpha value is -1.16. The molecule has 1 unspecified atom stereocenters. The maximum absolute atomic E-state index is 4.71. The van der Waals surface area contributed by atoms with Gasteiger partial charge in [0.15, 0.2) is 0 Å². The summed E-state index contributed by atoms with van der Waals surface area (Å²) in [5, 5.41) is 3.59. The van der Waals surface area contributed by atoms with Crippen LogP contribution in [0.4, 0.5) is 5.95 Å². The van der Waals surface area contributed by atoms with Crippen molar-refractivity contribution in [2.24, 2.45) is 11.8 Å². The third-order valence-corrected chi connectivity index (χ3v) is 3.96. The predicted octanol–water partition coefficient (Wildman–Crippen LogP) is 2.20. The highest BCUT2D eigenvalue weighted by atomic mass is 15.2. The molecule has 0 radical (unpaired) electrons. The first-order valence-corrected chi connectivity index (χ1v) is 7.71. The molecule has 1 atom stereocenters. The van der Waals surface area contributed by atoms with Crippen LogP contribution in [0.1, 0.15) is 37.2 Å². The van der Waals surface area contributed by atoms with E-state index in [1.54, 1.807) is 0 Å². The summed E-state index contributed by atoms with van der Waals surface area (Å²) in [7, 11) is 4.01. The minimum atomic E-state index is 0.721. The van der Waals surface area contributed by atoms with Gasteiger partial charge in [-0.1, -0.05) is 13.8 Å². The summed E-state index contributed by atoms with van der Waals surface area (Å²) in [6.07, 6.45) is 3.45. The molecule has 0 amide bonds. The highest BCUT2D eigenvalue weighted by Crippen LogP contribution is 2.27. The summed E-state index contributed by atoms with van der Waals surface area (Å²) in [6.45, 7) is 8.86. The number of hydrogen-bond donors (Lipinski definition) is 1. The molecule has 1 heterocycles. The van der Waals surface area contributed by atoms with E-state index >= 15 is 0 Å². The van der Waals surface area contributed by atoms with Crippen molar-refractivity contribution in [3.05, 3.63) is 17.0 Å². The summed E-state index contributed by atoms with van der Waals surface area (Å²) in [5.41, 5.74) is 3.81. The molecule has 0 bridgehead atoms. The van der Waals surface area contributed by atoms with E-state index in [9.17, 15) is 0 Å². The second-order valence-electron chi connectivity index (χ2n) is 6.59. The molecular weight excluding hydrogens is 248 g/mol. The van der Waals surface area contributed by atoms with Crippen molar-refractivity contribution < 1.29 is 0 Å². The number of aryl methyl sites for hydroxylation is 2. The zero-order valence-electron chi connectivity index (χ0n) is 13.5. The monoisotopic (exact) mass is 276 g/mol. The van der Waals surface area contributed by atoms with Crippen molar-refractivity contribution in [1.82, 2.24) is 15.3 Å². The van der Waals surface area contributed by atoms with E-state index in [1.165, 1.54) is 17.7 Å². The molecule has 0 fully saturated rings. The fourth-order valence-electron chi connectivity index (χ4n) is 2.79. The van der Waals surface area contributed by atoms with Gasteiger partial charge in [-0.3, -0.25) is 0 Å². The van der Waals surface area contributed by atoms with Gasteiger partial charge in [-0.2, -0.15) is 0 Å². The Morgan fingerprint density at radius 2 is 2.05 bits per heavy atom. The van der Waals surface area contributed by atoms with Gasteiger partial charge in [-0.25, -0.2) is 9.97 Å². The normalized spacial score (nSPS) is 18.2. The lowest BCUT2D eigenvalue weighted by molar-refractivity contribution is 0.404. The zero-order chi connectivity index (χ0) is 14.7. The molecule has 4 heteroatoms. The van der Waals surface area contributed by atoms with Crippen LogP contribution in [-0.2, 0) is 12.8 Å². The summed E-state index contributed by atoms with van der Waals surface area (Å²) in [6, 6.07) is 0. The molecule has 0 aliphatic heterocycles. The molecule has 0 aromatic carbocycles. The number of hydrogen-bond acceptors (Lipinski definition) is 4. The van der Waals surface area contributed by atoms with Crippen LogP contribution < -0.4 is 10.2 Å². The Morgan fingerprint density at radius 3 is 2.70 bits per heavy atom. The maximum atomic E-state index is 4.71. The van der Waals surface area contributed by atoms with E-state index in [1.807, 2.05) is 19.0 Å². The average molecular weight is 276 g/mol. The van der Waals surface area contributed by atoms with Gasteiger partial charge in [0.05, 0.1) is 0 Å².